The molecule has 3 unspecified atom stereocenters. The van der Waals surface area contributed by atoms with E-state index < -0.39 is 0 Å². The summed E-state index contributed by atoms with van der Waals surface area (Å²) in [5.41, 5.74) is 6.80. The molecule has 0 aromatic heterocycles. The van der Waals surface area contributed by atoms with Crippen LogP contribution in [0.4, 0.5) is 4.39 Å². The van der Waals surface area contributed by atoms with Crippen molar-refractivity contribution in [3.8, 4) is 0 Å². The summed E-state index contributed by atoms with van der Waals surface area (Å²) in [7, 11) is 0. The topological polar surface area (TPSA) is 35.2 Å². The summed E-state index contributed by atoms with van der Waals surface area (Å²) in [4.78, 5) is 0. The average Bonchev–Trinajstić information content (AvgIpc) is 2.84. The number of nitrogens with two attached hydrogens (primary N) is 1. The predicted molar refractivity (Wildman–Crippen MR) is 64.5 cm³/mol. The number of ether oxygens (including phenoxy) is 1. The minimum Gasteiger partial charge on any atom is -0.373 e. The molecular formula is C13H15ClFNO. The molecule has 17 heavy (non-hydrogen) atoms. The van der Waals surface area contributed by atoms with Crippen LogP contribution in [0.15, 0.2) is 18.2 Å². The van der Waals surface area contributed by atoms with Gasteiger partial charge in [0.05, 0.1) is 17.2 Å². The lowest BCUT2D eigenvalue weighted by Gasteiger charge is -2.31. The monoisotopic (exact) mass is 255 g/mol. The Morgan fingerprint density at radius 3 is 2.94 bits per heavy atom. The van der Waals surface area contributed by atoms with Gasteiger partial charge in [-0.05, 0) is 37.3 Å². The SMILES string of the molecule is NC1(Cc2cccc(F)c2Cl)CC2CCC1O2. The zero-order valence-corrected chi connectivity index (χ0v) is 10.2. The van der Waals surface area contributed by atoms with Gasteiger partial charge in [-0.15, -0.1) is 0 Å². The zero-order chi connectivity index (χ0) is 12.0. The van der Waals surface area contributed by atoms with Crippen molar-refractivity contribution >= 4 is 11.6 Å². The van der Waals surface area contributed by atoms with Gasteiger partial charge in [0.1, 0.15) is 5.82 Å². The predicted octanol–water partition coefficient (Wildman–Crippen LogP) is 2.67. The fourth-order valence-corrected chi connectivity index (χ4v) is 3.25. The maximum Gasteiger partial charge on any atom is 0.142 e. The van der Waals surface area contributed by atoms with E-state index >= 15 is 0 Å². The number of hydrogen-bond donors (Lipinski definition) is 1. The molecule has 2 nitrogen and oxygen atoms in total. The van der Waals surface area contributed by atoms with Crippen molar-refractivity contribution in [2.75, 3.05) is 0 Å². The van der Waals surface area contributed by atoms with Crippen molar-refractivity contribution in [1.82, 2.24) is 0 Å². The molecule has 1 aromatic rings. The van der Waals surface area contributed by atoms with E-state index in [-0.39, 0.29) is 28.6 Å². The normalized spacial score (nSPS) is 35.5. The van der Waals surface area contributed by atoms with Crippen LogP contribution in [0.5, 0.6) is 0 Å². The fraction of sp³-hybridized carbons (Fsp3) is 0.538. The summed E-state index contributed by atoms with van der Waals surface area (Å²) in [6.45, 7) is 0. The van der Waals surface area contributed by atoms with Crippen molar-refractivity contribution < 1.29 is 9.13 Å². The Morgan fingerprint density at radius 2 is 2.29 bits per heavy atom. The smallest absolute Gasteiger partial charge is 0.142 e. The Labute approximate surface area is 105 Å². The molecular weight excluding hydrogens is 241 g/mol. The van der Waals surface area contributed by atoms with E-state index in [0.717, 1.165) is 24.8 Å². The van der Waals surface area contributed by atoms with Crippen molar-refractivity contribution in [2.24, 2.45) is 5.73 Å². The molecule has 2 saturated heterocycles. The molecule has 92 valence electrons. The van der Waals surface area contributed by atoms with Crippen molar-refractivity contribution in [2.45, 2.75) is 43.4 Å². The van der Waals surface area contributed by atoms with Crippen LogP contribution in [-0.4, -0.2) is 17.7 Å². The first-order chi connectivity index (χ1) is 8.08. The summed E-state index contributed by atoms with van der Waals surface area (Å²) in [5, 5.41) is 0.195. The largest absolute Gasteiger partial charge is 0.373 e. The molecule has 2 heterocycles. The molecule has 3 atom stereocenters. The molecule has 0 radical (unpaired) electrons. The van der Waals surface area contributed by atoms with E-state index in [9.17, 15) is 4.39 Å². The van der Waals surface area contributed by atoms with Crippen LogP contribution in [0.25, 0.3) is 0 Å². The highest BCUT2D eigenvalue weighted by molar-refractivity contribution is 6.31. The number of hydrogen-bond acceptors (Lipinski definition) is 2. The molecule has 0 spiro atoms. The van der Waals surface area contributed by atoms with E-state index in [1.54, 1.807) is 6.07 Å². The van der Waals surface area contributed by atoms with Gasteiger partial charge in [-0.3, -0.25) is 0 Å². The lowest BCUT2D eigenvalue weighted by molar-refractivity contribution is 0.0856. The van der Waals surface area contributed by atoms with E-state index in [4.69, 9.17) is 22.1 Å². The number of benzene rings is 1. The van der Waals surface area contributed by atoms with Crippen LogP contribution >= 0.6 is 11.6 Å². The summed E-state index contributed by atoms with van der Waals surface area (Å²) in [6, 6.07) is 4.88. The number of fused-ring (bicyclic) bond motifs is 2. The standard InChI is InChI=1S/C13H15ClFNO/c14-12-8(2-1-3-10(12)15)6-13(16)7-9-4-5-11(13)17-9/h1-3,9,11H,4-7,16H2. The van der Waals surface area contributed by atoms with Gasteiger partial charge in [0, 0.05) is 5.54 Å². The highest BCUT2D eigenvalue weighted by Crippen LogP contribution is 2.42. The molecule has 2 N–H and O–H groups in total. The minimum atomic E-state index is -0.378. The summed E-state index contributed by atoms with van der Waals surface area (Å²) in [5.74, 6) is -0.378. The van der Waals surface area contributed by atoms with Crippen LogP contribution in [0, 0.1) is 5.82 Å². The first kappa shape index (κ1) is 11.5. The molecule has 2 aliphatic heterocycles. The third-order valence-electron chi connectivity index (χ3n) is 3.91. The Hall–Kier alpha value is -0.640. The molecule has 0 saturated carbocycles. The van der Waals surface area contributed by atoms with Gasteiger partial charge in [-0.25, -0.2) is 4.39 Å². The summed E-state index contributed by atoms with van der Waals surface area (Å²) < 4.78 is 19.1. The van der Waals surface area contributed by atoms with E-state index in [0.29, 0.717) is 6.42 Å². The van der Waals surface area contributed by atoms with E-state index in [1.165, 1.54) is 6.07 Å². The maximum atomic E-state index is 13.4. The highest BCUT2D eigenvalue weighted by Gasteiger charge is 2.49. The Bertz CT molecular complexity index is 453. The van der Waals surface area contributed by atoms with Crippen molar-refractivity contribution in [3.63, 3.8) is 0 Å². The number of rotatable bonds is 2. The molecule has 0 aliphatic carbocycles. The molecule has 2 bridgehead atoms. The third kappa shape index (κ3) is 1.86. The molecule has 2 fully saturated rings. The van der Waals surface area contributed by atoms with Gasteiger partial charge in [0.15, 0.2) is 0 Å². The third-order valence-corrected chi connectivity index (χ3v) is 4.33. The van der Waals surface area contributed by atoms with Crippen LogP contribution in [0.3, 0.4) is 0 Å². The van der Waals surface area contributed by atoms with Gasteiger partial charge >= 0.3 is 0 Å². The van der Waals surface area contributed by atoms with Crippen molar-refractivity contribution in [3.05, 3.63) is 34.6 Å². The molecule has 1 aromatic carbocycles. The highest BCUT2D eigenvalue weighted by atomic mass is 35.5. The van der Waals surface area contributed by atoms with Crippen LogP contribution in [-0.2, 0) is 11.2 Å². The summed E-state index contributed by atoms with van der Waals surface area (Å²) in [6.07, 6.45) is 3.94. The minimum absolute atomic E-state index is 0.104. The lowest BCUT2D eigenvalue weighted by atomic mass is 9.78. The Balaban J connectivity index is 1.85. The van der Waals surface area contributed by atoms with Gasteiger partial charge in [0.25, 0.3) is 0 Å². The Morgan fingerprint density at radius 1 is 1.47 bits per heavy atom. The maximum absolute atomic E-state index is 13.4. The van der Waals surface area contributed by atoms with Crippen LogP contribution in [0.2, 0.25) is 5.02 Å². The van der Waals surface area contributed by atoms with E-state index in [1.807, 2.05) is 6.07 Å². The number of halogens is 2. The second kappa shape index (κ2) is 3.94. The van der Waals surface area contributed by atoms with Gasteiger partial charge in [0.2, 0.25) is 0 Å². The fourth-order valence-electron chi connectivity index (χ4n) is 3.06. The van der Waals surface area contributed by atoms with E-state index in [2.05, 4.69) is 0 Å². The second-order valence-electron chi connectivity index (χ2n) is 5.15. The zero-order valence-electron chi connectivity index (χ0n) is 9.46. The lowest BCUT2D eigenvalue weighted by Crippen LogP contribution is -2.50. The second-order valence-corrected chi connectivity index (χ2v) is 5.53. The first-order valence-corrected chi connectivity index (χ1v) is 6.33. The van der Waals surface area contributed by atoms with Gasteiger partial charge < -0.3 is 10.5 Å². The average molecular weight is 256 g/mol. The van der Waals surface area contributed by atoms with Crippen molar-refractivity contribution in [1.29, 1.82) is 0 Å². The summed E-state index contributed by atoms with van der Waals surface area (Å²) >= 11 is 5.96. The molecule has 3 rings (SSSR count). The molecule has 4 heteroatoms. The van der Waals surface area contributed by atoms with Gasteiger partial charge in [-0.1, -0.05) is 23.7 Å². The quantitative estimate of drug-likeness (QED) is 0.882. The molecule has 0 amide bonds. The van der Waals surface area contributed by atoms with Gasteiger partial charge in [-0.2, -0.15) is 0 Å². The molecule has 2 aliphatic rings. The Kier molecular flexibility index (Phi) is 2.65. The van der Waals surface area contributed by atoms with Crippen LogP contribution in [0.1, 0.15) is 24.8 Å². The van der Waals surface area contributed by atoms with Crippen LogP contribution < -0.4 is 5.73 Å². The first-order valence-electron chi connectivity index (χ1n) is 5.96.